The van der Waals surface area contributed by atoms with Crippen molar-refractivity contribution in [3.63, 3.8) is 0 Å². The molecule has 2 nitrogen and oxygen atoms in total. The minimum atomic E-state index is 0.434. The molecule has 0 radical (unpaired) electrons. The van der Waals surface area contributed by atoms with Crippen LogP contribution < -0.4 is 5.32 Å². The zero-order valence-electron chi connectivity index (χ0n) is 14.3. The van der Waals surface area contributed by atoms with Gasteiger partial charge in [-0.05, 0) is 44.1 Å². The van der Waals surface area contributed by atoms with Crippen LogP contribution in [0.25, 0.3) is 0 Å². The van der Waals surface area contributed by atoms with Crippen LogP contribution in [-0.4, -0.2) is 25.3 Å². The van der Waals surface area contributed by atoms with Gasteiger partial charge in [-0.1, -0.05) is 53.4 Å². The SMILES string of the molecule is CCCCCCCOC1C(C)CC(C)CC1NCCC. The number of hydrogen-bond donors (Lipinski definition) is 1. The van der Waals surface area contributed by atoms with Crippen LogP contribution in [0.5, 0.6) is 0 Å². The maximum Gasteiger partial charge on any atom is 0.0753 e. The first-order chi connectivity index (χ1) is 9.69. The van der Waals surface area contributed by atoms with Gasteiger partial charge in [-0.15, -0.1) is 0 Å². The predicted molar refractivity (Wildman–Crippen MR) is 88.1 cm³/mol. The van der Waals surface area contributed by atoms with Gasteiger partial charge < -0.3 is 10.1 Å². The van der Waals surface area contributed by atoms with Gasteiger partial charge in [0, 0.05) is 12.6 Å². The smallest absolute Gasteiger partial charge is 0.0753 e. The van der Waals surface area contributed by atoms with E-state index in [2.05, 4.69) is 33.0 Å². The maximum atomic E-state index is 6.27. The van der Waals surface area contributed by atoms with E-state index in [4.69, 9.17) is 4.74 Å². The van der Waals surface area contributed by atoms with Crippen LogP contribution >= 0.6 is 0 Å². The predicted octanol–water partition coefficient (Wildman–Crippen LogP) is 4.78. The van der Waals surface area contributed by atoms with E-state index in [1.807, 2.05) is 0 Å². The first-order valence-corrected chi connectivity index (χ1v) is 9.04. The summed E-state index contributed by atoms with van der Waals surface area (Å²) < 4.78 is 6.27. The van der Waals surface area contributed by atoms with Gasteiger partial charge in [-0.3, -0.25) is 0 Å². The van der Waals surface area contributed by atoms with E-state index >= 15 is 0 Å². The molecule has 0 aromatic rings. The summed E-state index contributed by atoms with van der Waals surface area (Å²) in [5, 5.41) is 3.72. The van der Waals surface area contributed by atoms with Gasteiger partial charge in [0.15, 0.2) is 0 Å². The highest BCUT2D eigenvalue weighted by molar-refractivity contribution is 4.88. The van der Waals surface area contributed by atoms with Crippen molar-refractivity contribution in [3.05, 3.63) is 0 Å². The summed E-state index contributed by atoms with van der Waals surface area (Å²) >= 11 is 0. The largest absolute Gasteiger partial charge is 0.376 e. The van der Waals surface area contributed by atoms with Crippen LogP contribution in [-0.2, 0) is 4.74 Å². The van der Waals surface area contributed by atoms with Crippen LogP contribution in [0, 0.1) is 11.8 Å². The third-order valence-corrected chi connectivity index (χ3v) is 4.60. The van der Waals surface area contributed by atoms with Crippen LogP contribution in [0.4, 0.5) is 0 Å². The maximum absolute atomic E-state index is 6.27. The molecule has 0 aromatic carbocycles. The van der Waals surface area contributed by atoms with Gasteiger partial charge in [0.1, 0.15) is 0 Å². The van der Waals surface area contributed by atoms with Crippen molar-refractivity contribution < 1.29 is 4.74 Å². The number of nitrogens with one attached hydrogen (secondary N) is 1. The Morgan fingerprint density at radius 3 is 2.40 bits per heavy atom. The number of unbranched alkanes of at least 4 members (excludes halogenated alkanes) is 4. The topological polar surface area (TPSA) is 21.3 Å². The normalized spacial score (nSPS) is 30.6. The number of rotatable bonds is 10. The fourth-order valence-electron chi connectivity index (χ4n) is 3.56. The summed E-state index contributed by atoms with van der Waals surface area (Å²) in [4.78, 5) is 0. The summed E-state index contributed by atoms with van der Waals surface area (Å²) in [7, 11) is 0. The molecule has 1 saturated carbocycles. The first kappa shape index (κ1) is 18.0. The van der Waals surface area contributed by atoms with Crippen LogP contribution in [0.2, 0.25) is 0 Å². The van der Waals surface area contributed by atoms with Gasteiger partial charge in [0.2, 0.25) is 0 Å². The summed E-state index contributed by atoms with van der Waals surface area (Å²) in [6, 6.07) is 0.573. The molecule has 0 aromatic heterocycles. The Hall–Kier alpha value is -0.0800. The molecule has 1 rings (SSSR count). The van der Waals surface area contributed by atoms with Gasteiger partial charge in [-0.25, -0.2) is 0 Å². The summed E-state index contributed by atoms with van der Waals surface area (Å²) in [6.07, 6.45) is 10.9. The number of ether oxygens (including phenoxy) is 1. The molecule has 0 aliphatic heterocycles. The lowest BCUT2D eigenvalue weighted by atomic mass is 9.78. The second-order valence-corrected chi connectivity index (χ2v) is 6.86. The lowest BCUT2D eigenvalue weighted by Crippen LogP contribution is -2.49. The van der Waals surface area contributed by atoms with E-state index in [0.717, 1.165) is 19.1 Å². The van der Waals surface area contributed by atoms with Crippen LogP contribution in [0.1, 0.15) is 79.1 Å². The molecule has 0 saturated heterocycles. The molecular weight excluding hydrogens is 246 g/mol. The van der Waals surface area contributed by atoms with Crippen LogP contribution in [0.3, 0.4) is 0 Å². The van der Waals surface area contributed by atoms with E-state index in [1.165, 1.54) is 51.4 Å². The van der Waals surface area contributed by atoms with E-state index in [1.54, 1.807) is 0 Å². The minimum Gasteiger partial charge on any atom is -0.376 e. The molecule has 1 aliphatic rings. The fourth-order valence-corrected chi connectivity index (χ4v) is 3.56. The average Bonchev–Trinajstić information content (AvgIpc) is 2.42. The zero-order valence-corrected chi connectivity index (χ0v) is 14.3. The second kappa shape index (κ2) is 10.6. The lowest BCUT2D eigenvalue weighted by Gasteiger charge is -2.40. The van der Waals surface area contributed by atoms with Crippen molar-refractivity contribution in [1.82, 2.24) is 5.32 Å². The zero-order chi connectivity index (χ0) is 14.8. The fraction of sp³-hybridized carbons (Fsp3) is 1.00. The molecule has 2 heteroatoms. The molecule has 1 fully saturated rings. The molecule has 1 aliphatic carbocycles. The molecule has 20 heavy (non-hydrogen) atoms. The standard InChI is InChI=1S/C18H37NO/c1-5-7-8-9-10-12-20-18-16(4)13-15(3)14-17(18)19-11-6-2/h15-19H,5-14H2,1-4H3. The Labute approximate surface area is 127 Å². The third kappa shape index (κ3) is 6.58. The molecule has 4 unspecified atom stereocenters. The Bertz CT molecular complexity index is 231. The molecule has 1 N–H and O–H groups in total. The van der Waals surface area contributed by atoms with Crippen molar-refractivity contribution in [2.24, 2.45) is 11.8 Å². The van der Waals surface area contributed by atoms with Gasteiger partial charge in [-0.2, -0.15) is 0 Å². The highest BCUT2D eigenvalue weighted by Gasteiger charge is 2.34. The van der Waals surface area contributed by atoms with Gasteiger partial charge in [0.25, 0.3) is 0 Å². The Balaban J connectivity index is 2.30. The van der Waals surface area contributed by atoms with E-state index in [9.17, 15) is 0 Å². The second-order valence-electron chi connectivity index (χ2n) is 6.86. The van der Waals surface area contributed by atoms with Crippen LogP contribution in [0.15, 0.2) is 0 Å². The third-order valence-electron chi connectivity index (χ3n) is 4.60. The van der Waals surface area contributed by atoms with Crippen molar-refractivity contribution >= 4 is 0 Å². The summed E-state index contributed by atoms with van der Waals surface area (Å²) in [5.41, 5.74) is 0. The van der Waals surface area contributed by atoms with E-state index < -0.39 is 0 Å². The highest BCUT2D eigenvalue weighted by atomic mass is 16.5. The number of hydrogen-bond acceptors (Lipinski definition) is 2. The van der Waals surface area contributed by atoms with Crippen molar-refractivity contribution in [1.29, 1.82) is 0 Å². The van der Waals surface area contributed by atoms with Gasteiger partial charge >= 0.3 is 0 Å². The molecule has 4 atom stereocenters. The van der Waals surface area contributed by atoms with Crippen molar-refractivity contribution in [2.45, 2.75) is 91.2 Å². The van der Waals surface area contributed by atoms with Crippen molar-refractivity contribution in [2.75, 3.05) is 13.2 Å². The molecule has 120 valence electrons. The Kier molecular flexibility index (Phi) is 9.54. The molecule has 0 heterocycles. The highest BCUT2D eigenvalue weighted by Crippen LogP contribution is 2.31. The first-order valence-electron chi connectivity index (χ1n) is 9.04. The van der Waals surface area contributed by atoms with Crippen molar-refractivity contribution in [3.8, 4) is 0 Å². The molecular formula is C18H37NO. The van der Waals surface area contributed by atoms with E-state index in [-0.39, 0.29) is 0 Å². The molecule has 0 bridgehead atoms. The van der Waals surface area contributed by atoms with Gasteiger partial charge in [0.05, 0.1) is 6.10 Å². The lowest BCUT2D eigenvalue weighted by molar-refractivity contribution is -0.0388. The average molecular weight is 284 g/mol. The molecule has 0 spiro atoms. The minimum absolute atomic E-state index is 0.434. The van der Waals surface area contributed by atoms with E-state index in [0.29, 0.717) is 18.1 Å². The molecule has 0 amide bonds. The Morgan fingerprint density at radius 2 is 1.70 bits per heavy atom. The summed E-state index contributed by atoms with van der Waals surface area (Å²) in [6.45, 7) is 11.4. The quantitative estimate of drug-likeness (QED) is 0.583. The monoisotopic (exact) mass is 283 g/mol. The summed E-state index contributed by atoms with van der Waals surface area (Å²) in [5.74, 6) is 1.53. The Morgan fingerprint density at radius 1 is 0.950 bits per heavy atom.